The average molecular weight is 317 g/mol. The molecule has 2 aromatic rings. The molecule has 0 radical (unpaired) electrons. The molecule has 0 saturated carbocycles. The molecule has 0 aliphatic carbocycles. The molecule has 0 spiro atoms. The van der Waals surface area contributed by atoms with Gasteiger partial charge in [-0.25, -0.2) is 0 Å². The van der Waals surface area contributed by atoms with Gasteiger partial charge < -0.3 is 10.6 Å². The molecule has 0 unspecified atom stereocenters. The van der Waals surface area contributed by atoms with E-state index in [2.05, 4.69) is 63.3 Å². The third kappa shape index (κ3) is 2.28. The molecule has 1 heterocycles. The van der Waals surface area contributed by atoms with Crippen molar-refractivity contribution in [3.05, 3.63) is 58.1 Å². The number of rotatable bonds is 2. The van der Waals surface area contributed by atoms with Crippen molar-refractivity contribution in [2.75, 3.05) is 11.4 Å². The van der Waals surface area contributed by atoms with Crippen molar-refractivity contribution in [1.29, 1.82) is 0 Å². The standard InChI is InChI=1S/C16H17BrN2/c17-14-7-3-9-16(13(14)11-18)19-10-4-6-12-5-1-2-8-15(12)19/h1-3,5,7-9H,4,6,10-11,18H2. The van der Waals surface area contributed by atoms with Crippen LogP contribution in [0.15, 0.2) is 46.9 Å². The van der Waals surface area contributed by atoms with Crippen LogP contribution in [0.5, 0.6) is 0 Å². The predicted octanol–water partition coefficient (Wildman–Crippen LogP) is 3.99. The Morgan fingerprint density at radius 2 is 1.84 bits per heavy atom. The van der Waals surface area contributed by atoms with Crippen LogP contribution in [0, 0.1) is 0 Å². The minimum Gasteiger partial charge on any atom is -0.341 e. The summed E-state index contributed by atoms with van der Waals surface area (Å²) in [6.07, 6.45) is 2.35. The monoisotopic (exact) mass is 316 g/mol. The summed E-state index contributed by atoms with van der Waals surface area (Å²) in [5.41, 5.74) is 11.1. The number of para-hydroxylation sites is 1. The van der Waals surface area contributed by atoms with Crippen molar-refractivity contribution < 1.29 is 0 Å². The summed E-state index contributed by atoms with van der Waals surface area (Å²) >= 11 is 3.61. The van der Waals surface area contributed by atoms with Gasteiger partial charge in [0.2, 0.25) is 0 Å². The Bertz CT molecular complexity index is 595. The summed E-state index contributed by atoms with van der Waals surface area (Å²) in [5.74, 6) is 0. The van der Waals surface area contributed by atoms with E-state index >= 15 is 0 Å². The Morgan fingerprint density at radius 1 is 1.05 bits per heavy atom. The van der Waals surface area contributed by atoms with E-state index in [0.717, 1.165) is 11.0 Å². The van der Waals surface area contributed by atoms with Crippen LogP contribution in [0.1, 0.15) is 17.5 Å². The predicted molar refractivity (Wildman–Crippen MR) is 83.8 cm³/mol. The highest BCUT2D eigenvalue weighted by atomic mass is 79.9. The molecule has 1 aliphatic rings. The molecule has 0 aromatic heterocycles. The largest absolute Gasteiger partial charge is 0.341 e. The molecule has 2 N–H and O–H groups in total. The molecule has 3 rings (SSSR count). The lowest BCUT2D eigenvalue weighted by Crippen LogP contribution is -2.25. The number of aryl methyl sites for hydroxylation is 1. The molecule has 1 aliphatic heterocycles. The third-order valence-corrected chi connectivity index (χ3v) is 4.44. The number of nitrogens with zero attached hydrogens (tertiary/aromatic N) is 1. The maximum absolute atomic E-state index is 5.92. The molecule has 98 valence electrons. The SMILES string of the molecule is NCc1c(Br)cccc1N1CCCc2ccccc21. The second kappa shape index (κ2) is 5.35. The Hall–Kier alpha value is -1.32. The molecule has 0 fully saturated rings. The van der Waals surface area contributed by atoms with E-state index in [1.54, 1.807) is 0 Å². The third-order valence-electron chi connectivity index (χ3n) is 3.70. The van der Waals surface area contributed by atoms with Gasteiger partial charge in [-0.2, -0.15) is 0 Å². The van der Waals surface area contributed by atoms with Gasteiger partial charge in [0, 0.05) is 34.5 Å². The summed E-state index contributed by atoms with van der Waals surface area (Å²) in [6, 6.07) is 15.0. The van der Waals surface area contributed by atoms with Crippen molar-refractivity contribution >= 4 is 27.3 Å². The lowest BCUT2D eigenvalue weighted by atomic mass is 10.00. The lowest BCUT2D eigenvalue weighted by Gasteiger charge is -2.33. The fourth-order valence-corrected chi connectivity index (χ4v) is 3.30. The van der Waals surface area contributed by atoms with Gasteiger partial charge in [0.05, 0.1) is 0 Å². The summed E-state index contributed by atoms with van der Waals surface area (Å²) in [7, 11) is 0. The first-order valence-electron chi connectivity index (χ1n) is 6.64. The van der Waals surface area contributed by atoms with Gasteiger partial charge in [0.1, 0.15) is 0 Å². The molecular weight excluding hydrogens is 300 g/mol. The molecule has 0 bridgehead atoms. The second-order valence-electron chi connectivity index (χ2n) is 4.83. The van der Waals surface area contributed by atoms with E-state index in [-0.39, 0.29) is 0 Å². The maximum Gasteiger partial charge on any atom is 0.0467 e. The molecule has 2 aromatic carbocycles. The van der Waals surface area contributed by atoms with Crippen molar-refractivity contribution in [3.63, 3.8) is 0 Å². The molecule has 0 atom stereocenters. The number of hydrogen-bond acceptors (Lipinski definition) is 2. The minimum atomic E-state index is 0.551. The van der Waals surface area contributed by atoms with Gasteiger partial charge in [-0.15, -0.1) is 0 Å². The smallest absolute Gasteiger partial charge is 0.0467 e. The number of hydrogen-bond donors (Lipinski definition) is 1. The van der Waals surface area contributed by atoms with Crippen LogP contribution in [0.3, 0.4) is 0 Å². The van der Waals surface area contributed by atoms with Crippen molar-refractivity contribution in [2.24, 2.45) is 5.73 Å². The van der Waals surface area contributed by atoms with Gasteiger partial charge in [-0.05, 0) is 36.6 Å². The molecule has 19 heavy (non-hydrogen) atoms. The van der Waals surface area contributed by atoms with Crippen molar-refractivity contribution in [3.8, 4) is 0 Å². The highest BCUT2D eigenvalue weighted by molar-refractivity contribution is 9.10. The van der Waals surface area contributed by atoms with Crippen LogP contribution in [0.4, 0.5) is 11.4 Å². The van der Waals surface area contributed by atoms with E-state index in [0.29, 0.717) is 6.54 Å². The highest BCUT2D eigenvalue weighted by Gasteiger charge is 2.20. The summed E-state index contributed by atoms with van der Waals surface area (Å²) in [6.45, 7) is 1.61. The first-order chi connectivity index (χ1) is 9.31. The van der Waals surface area contributed by atoms with Crippen LogP contribution < -0.4 is 10.6 Å². The Balaban J connectivity index is 2.12. The summed E-state index contributed by atoms with van der Waals surface area (Å²) in [4.78, 5) is 2.39. The molecule has 3 heteroatoms. The number of halogens is 1. The quantitative estimate of drug-likeness (QED) is 0.907. The van der Waals surface area contributed by atoms with E-state index < -0.39 is 0 Å². The fraction of sp³-hybridized carbons (Fsp3) is 0.250. The van der Waals surface area contributed by atoms with Crippen molar-refractivity contribution in [1.82, 2.24) is 0 Å². The minimum absolute atomic E-state index is 0.551. The second-order valence-corrected chi connectivity index (χ2v) is 5.68. The normalized spacial score (nSPS) is 14.3. The number of nitrogens with two attached hydrogens (primary N) is 1. The van der Waals surface area contributed by atoms with E-state index in [9.17, 15) is 0 Å². The summed E-state index contributed by atoms with van der Waals surface area (Å²) in [5, 5.41) is 0. The maximum atomic E-state index is 5.92. The van der Waals surface area contributed by atoms with Crippen LogP contribution in [0.2, 0.25) is 0 Å². The Labute approximate surface area is 122 Å². The Kier molecular flexibility index (Phi) is 3.58. The average Bonchev–Trinajstić information content (AvgIpc) is 2.46. The number of fused-ring (bicyclic) bond motifs is 1. The highest BCUT2D eigenvalue weighted by Crippen LogP contribution is 2.37. The lowest BCUT2D eigenvalue weighted by molar-refractivity contribution is 0.763. The topological polar surface area (TPSA) is 29.3 Å². The zero-order valence-electron chi connectivity index (χ0n) is 10.8. The molecule has 2 nitrogen and oxygen atoms in total. The fourth-order valence-electron chi connectivity index (χ4n) is 2.79. The number of benzene rings is 2. The van der Waals surface area contributed by atoms with E-state index in [1.165, 1.54) is 35.3 Å². The van der Waals surface area contributed by atoms with Crippen molar-refractivity contribution in [2.45, 2.75) is 19.4 Å². The molecular formula is C16H17BrN2. The van der Waals surface area contributed by atoms with Crippen LogP contribution in [-0.4, -0.2) is 6.54 Å². The first kappa shape index (κ1) is 12.7. The van der Waals surface area contributed by atoms with Gasteiger partial charge in [-0.3, -0.25) is 0 Å². The van der Waals surface area contributed by atoms with E-state index in [1.807, 2.05) is 0 Å². The van der Waals surface area contributed by atoms with Crippen LogP contribution in [0.25, 0.3) is 0 Å². The Morgan fingerprint density at radius 3 is 2.68 bits per heavy atom. The summed E-state index contributed by atoms with van der Waals surface area (Å²) < 4.78 is 1.09. The van der Waals surface area contributed by atoms with Gasteiger partial charge in [0.15, 0.2) is 0 Å². The molecule has 0 saturated heterocycles. The zero-order chi connectivity index (χ0) is 13.2. The van der Waals surface area contributed by atoms with E-state index in [4.69, 9.17) is 5.73 Å². The van der Waals surface area contributed by atoms with Crippen LogP contribution in [-0.2, 0) is 13.0 Å². The van der Waals surface area contributed by atoms with Gasteiger partial charge in [0.25, 0.3) is 0 Å². The van der Waals surface area contributed by atoms with Crippen LogP contribution >= 0.6 is 15.9 Å². The van der Waals surface area contributed by atoms with Gasteiger partial charge in [-0.1, -0.05) is 40.2 Å². The zero-order valence-corrected chi connectivity index (χ0v) is 12.4. The van der Waals surface area contributed by atoms with Gasteiger partial charge >= 0.3 is 0 Å². The number of anilines is 2. The molecule has 0 amide bonds. The first-order valence-corrected chi connectivity index (χ1v) is 7.43.